The van der Waals surface area contributed by atoms with Crippen LogP contribution in [0, 0.1) is 27.4 Å². The number of aliphatic carboxylic acids is 1. The Balaban J connectivity index is 2.84. The van der Waals surface area contributed by atoms with E-state index in [0.29, 0.717) is 5.56 Å². The van der Waals surface area contributed by atoms with Gasteiger partial charge in [0.15, 0.2) is 0 Å². The van der Waals surface area contributed by atoms with Crippen molar-refractivity contribution in [1.82, 2.24) is 0 Å². The fraction of sp³-hybridized carbons (Fsp3) is 0.333. The molecule has 1 aromatic rings. The van der Waals surface area contributed by atoms with E-state index in [-0.39, 0.29) is 30.3 Å². The first-order chi connectivity index (χ1) is 8.93. The zero-order valence-electron chi connectivity index (χ0n) is 10.3. The van der Waals surface area contributed by atoms with E-state index in [1.165, 1.54) is 18.2 Å². The molecule has 0 aliphatic heterocycles. The molecule has 0 aromatic heterocycles. The van der Waals surface area contributed by atoms with E-state index in [1.54, 1.807) is 6.92 Å². The molecule has 1 unspecified atom stereocenters. The van der Waals surface area contributed by atoms with E-state index in [0.717, 1.165) is 0 Å². The number of rotatable bonds is 6. The number of nitriles is 1. The van der Waals surface area contributed by atoms with Crippen LogP contribution in [0.1, 0.15) is 18.9 Å². The summed E-state index contributed by atoms with van der Waals surface area (Å²) < 4.78 is 0. The number of nitrogens with zero attached hydrogens (tertiary/aromatic N) is 2. The number of carbonyl (C=O) groups is 1. The molecule has 1 atom stereocenters. The van der Waals surface area contributed by atoms with Gasteiger partial charge in [0.2, 0.25) is 0 Å². The van der Waals surface area contributed by atoms with Gasteiger partial charge in [0.1, 0.15) is 5.69 Å². The molecular weight excluding hydrogens is 250 g/mol. The number of nitro groups is 1. The van der Waals surface area contributed by atoms with Gasteiger partial charge >= 0.3 is 5.97 Å². The van der Waals surface area contributed by atoms with E-state index in [4.69, 9.17) is 10.4 Å². The minimum atomic E-state index is -0.922. The number of hydrogen-bond acceptors (Lipinski definition) is 5. The van der Waals surface area contributed by atoms with Gasteiger partial charge in [-0.25, -0.2) is 0 Å². The standard InChI is InChI=1S/C12H13N3O4/c1-8(4-12(16)17)7-14-10-5-9(6-13)2-3-11(10)15(18)19/h2-3,5,8,14H,4,7H2,1H3,(H,16,17). The Morgan fingerprint density at radius 1 is 1.63 bits per heavy atom. The van der Waals surface area contributed by atoms with Crippen molar-refractivity contribution < 1.29 is 14.8 Å². The summed E-state index contributed by atoms with van der Waals surface area (Å²) in [5.74, 6) is -1.10. The van der Waals surface area contributed by atoms with Gasteiger partial charge in [0, 0.05) is 19.0 Å². The Hall–Kier alpha value is -2.62. The van der Waals surface area contributed by atoms with Crippen molar-refractivity contribution in [3.63, 3.8) is 0 Å². The Morgan fingerprint density at radius 2 is 2.32 bits per heavy atom. The maximum absolute atomic E-state index is 10.8. The molecule has 0 radical (unpaired) electrons. The summed E-state index contributed by atoms with van der Waals surface area (Å²) in [5.41, 5.74) is 0.391. The minimum absolute atomic E-state index is 0.0290. The van der Waals surface area contributed by atoms with E-state index < -0.39 is 10.9 Å². The molecular formula is C12H13N3O4. The lowest BCUT2D eigenvalue weighted by Crippen LogP contribution is -2.15. The first-order valence-corrected chi connectivity index (χ1v) is 5.58. The minimum Gasteiger partial charge on any atom is -0.481 e. The third-order valence-corrected chi connectivity index (χ3v) is 2.49. The fourth-order valence-electron chi connectivity index (χ4n) is 1.56. The average Bonchev–Trinajstić information content (AvgIpc) is 2.34. The van der Waals surface area contributed by atoms with Crippen molar-refractivity contribution >= 4 is 17.3 Å². The van der Waals surface area contributed by atoms with E-state index in [1.807, 2.05) is 6.07 Å². The molecule has 0 spiro atoms. The summed E-state index contributed by atoms with van der Waals surface area (Å²) in [6.45, 7) is 2.00. The monoisotopic (exact) mass is 263 g/mol. The van der Waals surface area contributed by atoms with Crippen molar-refractivity contribution in [2.75, 3.05) is 11.9 Å². The molecule has 1 aromatic carbocycles. The SMILES string of the molecule is CC(CNc1cc(C#N)ccc1[N+](=O)[O-])CC(=O)O. The predicted molar refractivity (Wildman–Crippen MR) is 67.7 cm³/mol. The maximum Gasteiger partial charge on any atom is 0.303 e. The first-order valence-electron chi connectivity index (χ1n) is 5.58. The van der Waals surface area contributed by atoms with Crippen molar-refractivity contribution in [3.05, 3.63) is 33.9 Å². The second-order valence-electron chi connectivity index (χ2n) is 4.18. The summed E-state index contributed by atoms with van der Waals surface area (Å²) in [7, 11) is 0. The molecule has 0 aliphatic carbocycles. The highest BCUT2D eigenvalue weighted by molar-refractivity contribution is 5.67. The van der Waals surface area contributed by atoms with Crippen LogP contribution in [0.25, 0.3) is 0 Å². The normalized spacial score (nSPS) is 11.4. The Morgan fingerprint density at radius 3 is 2.84 bits per heavy atom. The largest absolute Gasteiger partial charge is 0.481 e. The molecule has 0 aliphatic rings. The smallest absolute Gasteiger partial charge is 0.303 e. The average molecular weight is 263 g/mol. The molecule has 0 bridgehead atoms. The van der Waals surface area contributed by atoms with Gasteiger partial charge in [-0.05, 0) is 18.1 Å². The first kappa shape index (κ1) is 14.4. The highest BCUT2D eigenvalue weighted by atomic mass is 16.6. The number of carboxylic acids is 1. The summed E-state index contributed by atoms with van der Waals surface area (Å²) in [6.07, 6.45) is -0.0290. The van der Waals surface area contributed by atoms with Gasteiger partial charge in [0.05, 0.1) is 16.6 Å². The topological polar surface area (TPSA) is 116 Å². The highest BCUT2D eigenvalue weighted by Crippen LogP contribution is 2.25. The number of hydrogen-bond donors (Lipinski definition) is 2. The maximum atomic E-state index is 10.8. The van der Waals surface area contributed by atoms with Crippen molar-refractivity contribution in [3.8, 4) is 6.07 Å². The third-order valence-electron chi connectivity index (χ3n) is 2.49. The van der Waals surface area contributed by atoms with E-state index in [9.17, 15) is 14.9 Å². The summed E-state index contributed by atoms with van der Waals surface area (Å²) in [5, 5.41) is 31.0. The van der Waals surface area contributed by atoms with Crippen LogP contribution in [-0.2, 0) is 4.79 Å². The van der Waals surface area contributed by atoms with Gasteiger partial charge in [0.25, 0.3) is 5.69 Å². The molecule has 19 heavy (non-hydrogen) atoms. The number of anilines is 1. The van der Waals surface area contributed by atoms with Crippen LogP contribution in [0.3, 0.4) is 0 Å². The molecule has 0 fully saturated rings. The van der Waals surface area contributed by atoms with Gasteiger partial charge in [-0.3, -0.25) is 14.9 Å². The van der Waals surface area contributed by atoms with Crippen LogP contribution >= 0.6 is 0 Å². The lowest BCUT2D eigenvalue weighted by atomic mass is 10.1. The lowest BCUT2D eigenvalue weighted by molar-refractivity contribution is -0.384. The number of benzene rings is 1. The Labute approximate surface area is 109 Å². The summed E-state index contributed by atoms with van der Waals surface area (Å²) in [6, 6.07) is 5.90. The summed E-state index contributed by atoms with van der Waals surface area (Å²) in [4.78, 5) is 20.8. The van der Waals surface area contributed by atoms with Gasteiger partial charge in [-0.1, -0.05) is 6.92 Å². The quantitative estimate of drug-likeness (QED) is 0.598. The molecule has 0 saturated carbocycles. The van der Waals surface area contributed by atoms with E-state index in [2.05, 4.69) is 5.32 Å². The highest BCUT2D eigenvalue weighted by Gasteiger charge is 2.15. The van der Waals surface area contributed by atoms with Crippen molar-refractivity contribution in [2.24, 2.45) is 5.92 Å². The van der Waals surface area contributed by atoms with Crippen LogP contribution in [0.15, 0.2) is 18.2 Å². The number of nitrogens with one attached hydrogen (secondary N) is 1. The fourth-order valence-corrected chi connectivity index (χ4v) is 1.56. The molecule has 1 rings (SSSR count). The van der Waals surface area contributed by atoms with Crippen LogP contribution < -0.4 is 5.32 Å². The predicted octanol–water partition coefficient (Wildman–Crippen LogP) is 1.99. The summed E-state index contributed by atoms with van der Waals surface area (Å²) >= 11 is 0. The second-order valence-corrected chi connectivity index (χ2v) is 4.18. The van der Waals surface area contributed by atoms with Gasteiger partial charge in [-0.15, -0.1) is 0 Å². The molecule has 7 nitrogen and oxygen atoms in total. The zero-order valence-corrected chi connectivity index (χ0v) is 10.3. The molecule has 0 heterocycles. The van der Waals surface area contributed by atoms with Gasteiger partial charge in [-0.2, -0.15) is 5.26 Å². The molecule has 7 heteroatoms. The molecule has 0 saturated heterocycles. The third kappa shape index (κ3) is 4.27. The van der Waals surface area contributed by atoms with Crippen LogP contribution in [-0.4, -0.2) is 22.5 Å². The van der Waals surface area contributed by atoms with E-state index >= 15 is 0 Å². The van der Waals surface area contributed by atoms with Crippen LogP contribution in [0.5, 0.6) is 0 Å². The molecule has 2 N–H and O–H groups in total. The second kappa shape index (κ2) is 6.35. The van der Waals surface area contributed by atoms with Crippen LogP contribution in [0.2, 0.25) is 0 Å². The number of carboxylic acid groups (broad SMARTS) is 1. The van der Waals surface area contributed by atoms with Crippen LogP contribution in [0.4, 0.5) is 11.4 Å². The molecule has 0 amide bonds. The Kier molecular flexibility index (Phi) is 4.83. The van der Waals surface area contributed by atoms with Gasteiger partial charge < -0.3 is 10.4 Å². The van der Waals surface area contributed by atoms with Crippen molar-refractivity contribution in [2.45, 2.75) is 13.3 Å². The number of nitro benzene ring substituents is 1. The Bertz CT molecular complexity index is 536. The van der Waals surface area contributed by atoms with Crippen molar-refractivity contribution in [1.29, 1.82) is 5.26 Å². The molecule has 100 valence electrons. The zero-order chi connectivity index (χ0) is 14.4. The lowest BCUT2D eigenvalue weighted by Gasteiger charge is -2.11.